The predicted octanol–water partition coefficient (Wildman–Crippen LogP) is 3.68. The van der Waals surface area contributed by atoms with Crippen molar-refractivity contribution >= 4 is 0 Å². The molecule has 0 N–H and O–H groups in total. The number of fused-ring (bicyclic) bond motifs is 1. The van der Waals surface area contributed by atoms with Gasteiger partial charge in [-0.3, -0.25) is 4.90 Å². The van der Waals surface area contributed by atoms with E-state index in [1.165, 1.54) is 43.6 Å². The first-order valence-corrected chi connectivity index (χ1v) is 9.30. The standard InChI is InChI=1S/C22H28N2/c1-23-15-20-16-24(14-19-10-6-3-7-11-19)22(21(20)17-23)13-12-18-8-4-2-5-9-18/h2-11,20-22H,12-17H2,1H3/t20-,21+,22-/m1/s1. The first-order valence-electron chi connectivity index (χ1n) is 9.30. The molecule has 0 bridgehead atoms. The van der Waals surface area contributed by atoms with E-state index in [9.17, 15) is 0 Å². The summed E-state index contributed by atoms with van der Waals surface area (Å²) in [5.41, 5.74) is 2.93. The van der Waals surface area contributed by atoms with Gasteiger partial charge in [0, 0.05) is 32.2 Å². The summed E-state index contributed by atoms with van der Waals surface area (Å²) in [5, 5.41) is 0. The van der Waals surface area contributed by atoms with E-state index in [-0.39, 0.29) is 0 Å². The van der Waals surface area contributed by atoms with Gasteiger partial charge in [-0.05, 0) is 42.9 Å². The maximum atomic E-state index is 2.76. The Balaban J connectivity index is 1.47. The van der Waals surface area contributed by atoms with Gasteiger partial charge in [-0.1, -0.05) is 60.7 Å². The molecule has 2 saturated heterocycles. The Kier molecular flexibility index (Phi) is 4.68. The summed E-state index contributed by atoms with van der Waals surface area (Å²) in [4.78, 5) is 5.30. The van der Waals surface area contributed by atoms with Crippen LogP contribution in [0.15, 0.2) is 60.7 Å². The van der Waals surface area contributed by atoms with Gasteiger partial charge in [-0.25, -0.2) is 0 Å². The topological polar surface area (TPSA) is 6.48 Å². The summed E-state index contributed by atoms with van der Waals surface area (Å²) < 4.78 is 0. The highest BCUT2D eigenvalue weighted by Crippen LogP contribution is 2.38. The van der Waals surface area contributed by atoms with Crippen molar-refractivity contribution in [1.29, 1.82) is 0 Å². The SMILES string of the molecule is CN1C[C@@H]2CN(Cc3ccccc3)[C@H](CCc3ccccc3)[C@H]2C1. The summed E-state index contributed by atoms with van der Waals surface area (Å²) in [6.45, 7) is 4.92. The fraction of sp³-hybridized carbons (Fsp3) is 0.455. The molecule has 0 saturated carbocycles. The Hall–Kier alpha value is -1.64. The summed E-state index contributed by atoms with van der Waals surface area (Å²) in [6.07, 6.45) is 2.48. The van der Waals surface area contributed by atoms with E-state index in [4.69, 9.17) is 0 Å². The zero-order chi connectivity index (χ0) is 16.4. The number of nitrogens with zero attached hydrogens (tertiary/aromatic N) is 2. The van der Waals surface area contributed by atoms with Crippen LogP contribution in [0.2, 0.25) is 0 Å². The quantitative estimate of drug-likeness (QED) is 0.829. The van der Waals surface area contributed by atoms with Crippen LogP contribution in [-0.4, -0.2) is 42.5 Å². The van der Waals surface area contributed by atoms with E-state index < -0.39 is 0 Å². The summed E-state index contributed by atoms with van der Waals surface area (Å²) in [7, 11) is 2.29. The van der Waals surface area contributed by atoms with Crippen molar-refractivity contribution in [2.24, 2.45) is 11.8 Å². The average Bonchev–Trinajstić information content (AvgIpc) is 3.11. The third kappa shape index (κ3) is 3.40. The highest BCUT2D eigenvalue weighted by molar-refractivity contribution is 5.17. The van der Waals surface area contributed by atoms with Crippen LogP contribution in [0.5, 0.6) is 0 Å². The van der Waals surface area contributed by atoms with Crippen LogP contribution >= 0.6 is 0 Å². The van der Waals surface area contributed by atoms with Gasteiger partial charge in [0.2, 0.25) is 0 Å². The number of aryl methyl sites for hydroxylation is 1. The third-order valence-electron chi connectivity index (χ3n) is 5.91. The van der Waals surface area contributed by atoms with Crippen LogP contribution in [-0.2, 0) is 13.0 Å². The van der Waals surface area contributed by atoms with Crippen molar-refractivity contribution < 1.29 is 0 Å². The number of hydrogen-bond acceptors (Lipinski definition) is 2. The van der Waals surface area contributed by atoms with E-state index in [1.54, 1.807) is 0 Å². The van der Waals surface area contributed by atoms with Crippen molar-refractivity contribution in [3.63, 3.8) is 0 Å². The van der Waals surface area contributed by atoms with Crippen LogP contribution in [0, 0.1) is 11.8 Å². The van der Waals surface area contributed by atoms with E-state index in [1.807, 2.05) is 0 Å². The molecule has 0 spiro atoms. The minimum absolute atomic E-state index is 0.723. The first-order chi connectivity index (χ1) is 11.8. The molecular weight excluding hydrogens is 292 g/mol. The fourth-order valence-electron chi connectivity index (χ4n) is 4.81. The second kappa shape index (κ2) is 7.08. The normalized spacial score (nSPS) is 27.5. The van der Waals surface area contributed by atoms with Gasteiger partial charge in [-0.2, -0.15) is 0 Å². The van der Waals surface area contributed by atoms with Gasteiger partial charge in [0.25, 0.3) is 0 Å². The molecule has 3 atom stereocenters. The van der Waals surface area contributed by atoms with Gasteiger partial charge >= 0.3 is 0 Å². The van der Waals surface area contributed by atoms with E-state index >= 15 is 0 Å². The second-order valence-electron chi connectivity index (χ2n) is 7.65. The summed E-state index contributed by atoms with van der Waals surface area (Å²) in [6, 6.07) is 22.7. The smallest absolute Gasteiger partial charge is 0.0236 e. The Morgan fingerprint density at radius 3 is 2.21 bits per heavy atom. The fourth-order valence-corrected chi connectivity index (χ4v) is 4.81. The minimum Gasteiger partial charge on any atom is -0.306 e. The van der Waals surface area contributed by atoms with E-state index in [0.29, 0.717) is 0 Å². The van der Waals surface area contributed by atoms with Gasteiger partial charge in [0.1, 0.15) is 0 Å². The number of benzene rings is 2. The highest BCUT2D eigenvalue weighted by Gasteiger charge is 2.45. The molecule has 2 heterocycles. The lowest BCUT2D eigenvalue weighted by molar-refractivity contribution is 0.188. The molecule has 24 heavy (non-hydrogen) atoms. The largest absolute Gasteiger partial charge is 0.306 e. The third-order valence-corrected chi connectivity index (χ3v) is 5.91. The molecule has 2 aliphatic heterocycles. The van der Waals surface area contributed by atoms with Gasteiger partial charge in [-0.15, -0.1) is 0 Å². The number of rotatable bonds is 5. The molecule has 0 amide bonds. The van der Waals surface area contributed by atoms with E-state index in [2.05, 4.69) is 77.5 Å². The predicted molar refractivity (Wildman–Crippen MR) is 99.9 cm³/mol. The zero-order valence-electron chi connectivity index (χ0n) is 14.6. The molecule has 2 nitrogen and oxygen atoms in total. The first kappa shape index (κ1) is 15.9. The van der Waals surface area contributed by atoms with Crippen LogP contribution < -0.4 is 0 Å². The monoisotopic (exact) mass is 320 g/mol. The van der Waals surface area contributed by atoms with Crippen molar-refractivity contribution in [3.8, 4) is 0 Å². The van der Waals surface area contributed by atoms with Crippen molar-refractivity contribution in [2.45, 2.75) is 25.4 Å². The maximum absolute atomic E-state index is 2.76. The molecule has 2 fully saturated rings. The molecule has 2 aromatic carbocycles. The van der Waals surface area contributed by atoms with Crippen molar-refractivity contribution in [2.75, 3.05) is 26.7 Å². The molecule has 0 unspecified atom stereocenters. The molecule has 4 rings (SSSR count). The average molecular weight is 320 g/mol. The summed E-state index contributed by atoms with van der Waals surface area (Å²) in [5.74, 6) is 1.71. The van der Waals surface area contributed by atoms with Crippen molar-refractivity contribution in [1.82, 2.24) is 9.80 Å². The van der Waals surface area contributed by atoms with Crippen LogP contribution in [0.3, 0.4) is 0 Å². The Morgan fingerprint density at radius 2 is 1.50 bits per heavy atom. The molecule has 2 aromatic rings. The lowest BCUT2D eigenvalue weighted by Crippen LogP contribution is -2.36. The molecule has 0 aromatic heterocycles. The second-order valence-corrected chi connectivity index (χ2v) is 7.65. The van der Waals surface area contributed by atoms with Gasteiger partial charge < -0.3 is 4.90 Å². The zero-order valence-corrected chi connectivity index (χ0v) is 14.6. The lowest BCUT2D eigenvalue weighted by atomic mass is 9.90. The molecular formula is C22H28N2. The molecule has 2 aliphatic rings. The highest BCUT2D eigenvalue weighted by atomic mass is 15.2. The molecule has 126 valence electrons. The van der Waals surface area contributed by atoms with Crippen LogP contribution in [0.1, 0.15) is 17.5 Å². The summed E-state index contributed by atoms with van der Waals surface area (Å²) >= 11 is 0. The van der Waals surface area contributed by atoms with Crippen LogP contribution in [0.25, 0.3) is 0 Å². The van der Waals surface area contributed by atoms with Gasteiger partial charge in [0.05, 0.1) is 0 Å². The number of likely N-dealkylation sites (tertiary alicyclic amines) is 2. The van der Waals surface area contributed by atoms with Gasteiger partial charge in [0.15, 0.2) is 0 Å². The molecule has 0 radical (unpaired) electrons. The number of hydrogen-bond donors (Lipinski definition) is 0. The lowest BCUT2D eigenvalue weighted by Gasteiger charge is -2.29. The Morgan fingerprint density at radius 1 is 0.833 bits per heavy atom. The Bertz CT molecular complexity index is 640. The van der Waals surface area contributed by atoms with Crippen molar-refractivity contribution in [3.05, 3.63) is 71.8 Å². The molecule has 2 heteroatoms. The molecule has 0 aliphatic carbocycles. The van der Waals surface area contributed by atoms with E-state index in [0.717, 1.165) is 24.4 Å². The van der Waals surface area contributed by atoms with Crippen LogP contribution in [0.4, 0.5) is 0 Å². The Labute approximate surface area is 146 Å². The maximum Gasteiger partial charge on any atom is 0.0236 e. The minimum atomic E-state index is 0.723.